The Bertz CT molecular complexity index is 812. The average molecular weight is 384 g/mol. The fraction of sp³-hybridized carbons (Fsp3) is 0.235. The summed E-state index contributed by atoms with van der Waals surface area (Å²) in [5, 5.41) is 2.75. The number of ether oxygens (including phenoxy) is 1. The molecule has 1 heterocycles. The van der Waals surface area contributed by atoms with Crippen molar-refractivity contribution in [3.63, 3.8) is 0 Å². The Balaban J connectivity index is 2.05. The van der Waals surface area contributed by atoms with Crippen molar-refractivity contribution in [2.45, 2.75) is 24.2 Å². The molecule has 138 valence electrons. The lowest BCUT2D eigenvalue weighted by Crippen LogP contribution is -2.30. The maximum absolute atomic E-state index is 12.7. The number of hydrogen-bond acceptors (Lipinski definition) is 5. The maximum Gasteiger partial charge on any atom is 0.416 e. The van der Waals surface area contributed by atoms with E-state index in [1.165, 1.54) is 43.1 Å². The molecule has 2 aromatic rings. The first-order chi connectivity index (χ1) is 12.2. The number of hydrogen-bond donors (Lipinski definition) is 1. The molecule has 1 N–H and O–H groups in total. The number of thioether (sulfide) groups is 1. The molecule has 2 rings (SSSR count). The zero-order chi connectivity index (χ0) is 19.3. The van der Waals surface area contributed by atoms with Gasteiger partial charge in [-0.25, -0.2) is 9.78 Å². The first kappa shape index (κ1) is 19.8. The third-order valence-corrected chi connectivity index (χ3v) is 4.01. The fourth-order valence-electron chi connectivity index (χ4n) is 2.00. The number of nitrogens with one attached hydrogen (secondary N) is 1. The standard InChI is InChI=1S/C17H15F3N2O3S/c1-10(25-16(24)13-7-4-8-21-15(13)26-2)14(23)22-12-6-3-5-11(9-12)17(18,19)20/h3-10H,1-2H3,(H,22,23)/t10-/m0/s1. The van der Waals surface area contributed by atoms with Crippen molar-refractivity contribution < 1.29 is 27.5 Å². The van der Waals surface area contributed by atoms with Gasteiger partial charge in [0.2, 0.25) is 0 Å². The number of benzene rings is 1. The molecule has 1 aromatic carbocycles. The van der Waals surface area contributed by atoms with E-state index in [0.717, 1.165) is 12.1 Å². The number of carbonyl (C=O) groups excluding carboxylic acids is 2. The third kappa shape index (κ3) is 4.98. The molecule has 0 fully saturated rings. The van der Waals surface area contributed by atoms with E-state index in [4.69, 9.17) is 4.74 Å². The van der Waals surface area contributed by atoms with Gasteiger partial charge in [0.1, 0.15) is 5.03 Å². The van der Waals surface area contributed by atoms with Crippen molar-refractivity contribution in [1.29, 1.82) is 0 Å². The third-order valence-electron chi connectivity index (χ3n) is 3.29. The van der Waals surface area contributed by atoms with Gasteiger partial charge in [0.15, 0.2) is 6.10 Å². The number of anilines is 1. The van der Waals surface area contributed by atoms with E-state index in [2.05, 4.69) is 10.3 Å². The van der Waals surface area contributed by atoms with Gasteiger partial charge in [0, 0.05) is 11.9 Å². The molecule has 9 heteroatoms. The van der Waals surface area contributed by atoms with Gasteiger partial charge in [-0.2, -0.15) is 13.2 Å². The number of amides is 1. The summed E-state index contributed by atoms with van der Waals surface area (Å²) in [6.07, 6.45) is -2.46. The molecule has 0 aliphatic heterocycles. The topological polar surface area (TPSA) is 68.3 Å². The van der Waals surface area contributed by atoms with E-state index >= 15 is 0 Å². The van der Waals surface area contributed by atoms with E-state index < -0.39 is 29.7 Å². The molecule has 5 nitrogen and oxygen atoms in total. The second-order valence-electron chi connectivity index (χ2n) is 5.18. The highest BCUT2D eigenvalue weighted by molar-refractivity contribution is 7.98. The van der Waals surface area contributed by atoms with E-state index in [-0.39, 0.29) is 11.3 Å². The van der Waals surface area contributed by atoms with Crippen molar-refractivity contribution in [3.8, 4) is 0 Å². The van der Waals surface area contributed by atoms with Gasteiger partial charge in [-0.3, -0.25) is 4.79 Å². The lowest BCUT2D eigenvalue weighted by atomic mass is 10.2. The summed E-state index contributed by atoms with van der Waals surface area (Å²) in [6.45, 7) is 1.33. The highest BCUT2D eigenvalue weighted by atomic mass is 32.2. The average Bonchev–Trinajstić information content (AvgIpc) is 2.61. The quantitative estimate of drug-likeness (QED) is 0.623. The summed E-state index contributed by atoms with van der Waals surface area (Å²) in [5.41, 5.74) is -0.724. The Labute approximate surface area is 152 Å². The number of carbonyl (C=O) groups is 2. The van der Waals surface area contributed by atoms with Crippen molar-refractivity contribution in [2.75, 3.05) is 11.6 Å². The predicted molar refractivity (Wildman–Crippen MR) is 91.0 cm³/mol. The molecule has 0 saturated carbocycles. The molecule has 0 aliphatic carbocycles. The minimum absolute atomic E-state index is 0.0427. The van der Waals surface area contributed by atoms with Gasteiger partial charge in [0.05, 0.1) is 11.1 Å². The Morgan fingerprint density at radius 1 is 1.23 bits per heavy atom. The summed E-state index contributed by atoms with van der Waals surface area (Å²) in [6, 6.07) is 7.26. The number of rotatable bonds is 5. The lowest BCUT2D eigenvalue weighted by molar-refractivity contribution is -0.137. The Hall–Kier alpha value is -2.55. The van der Waals surface area contributed by atoms with Crippen LogP contribution in [0.15, 0.2) is 47.6 Å². The highest BCUT2D eigenvalue weighted by Crippen LogP contribution is 2.30. The van der Waals surface area contributed by atoms with Gasteiger partial charge >= 0.3 is 12.1 Å². The molecule has 26 heavy (non-hydrogen) atoms. The molecule has 1 atom stereocenters. The molecular formula is C17H15F3N2O3S. The number of aromatic nitrogens is 1. The minimum atomic E-state index is -4.52. The number of alkyl halides is 3. The van der Waals surface area contributed by atoms with Crippen LogP contribution in [0.5, 0.6) is 0 Å². The Morgan fingerprint density at radius 2 is 1.96 bits per heavy atom. The van der Waals surface area contributed by atoms with Crippen LogP contribution in [-0.4, -0.2) is 29.2 Å². The van der Waals surface area contributed by atoms with Crippen LogP contribution in [0.1, 0.15) is 22.8 Å². The van der Waals surface area contributed by atoms with Gasteiger partial charge in [0.25, 0.3) is 5.91 Å². The first-order valence-corrected chi connectivity index (χ1v) is 8.63. The summed E-state index contributed by atoms with van der Waals surface area (Å²) in [4.78, 5) is 28.3. The Morgan fingerprint density at radius 3 is 2.62 bits per heavy atom. The number of esters is 1. The van der Waals surface area contributed by atoms with Crippen molar-refractivity contribution >= 4 is 29.3 Å². The van der Waals surface area contributed by atoms with Crippen LogP contribution >= 0.6 is 11.8 Å². The Kier molecular flexibility index (Phi) is 6.25. The van der Waals surface area contributed by atoms with Crippen LogP contribution in [0.25, 0.3) is 0 Å². The summed E-state index contributed by atoms with van der Waals surface area (Å²) >= 11 is 1.25. The van der Waals surface area contributed by atoms with Gasteiger partial charge in [-0.05, 0) is 43.5 Å². The normalized spacial score (nSPS) is 12.3. The zero-order valence-corrected chi connectivity index (χ0v) is 14.6. The van der Waals surface area contributed by atoms with Crippen LogP contribution in [0.2, 0.25) is 0 Å². The SMILES string of the molecule is CSc1ncccc1C(=O)O[C@@H](C)C(=O)Nc1cccc(C(F)(F)F)c1. The predicted octanol–water partition coefficient (Wildman–Crippen LogP) is 4.01. The van der Waals surface area contributed by atoms with Crippen LogP contribution in [0, 0.1) is 0 Å². The minimum Gasteiger partial charge on any atom is -0.449 e. The molecule has 0 radical (unpaired) electrons. The first-order valence-electron chi connectivity index (χ1n) is 7.40. The molecule has 0 aliphatic rings. The molecule has 1 aromatic heterocycles. The molecule has 0 saturated heterocycles. The van der Waals surface area contributed by atoms with E-state index in [1.54, 1.807) is 12.3 Å². The van der Waals surface area contributed by atoms with Crippen molar-refractivity contribution in [2.24, 2.45) is 0 Å². The molecule has 0 unspecified atom stereocenters. The number of pyridine rings is 1. The van der Waals surface area contributed by atoms with Crippen molar-refractivity contribution in [3.05, 3.63) is 53.7 Å². The number of nitrogens with zero attached hydrogens (tertiary/aromatic N) is 1. The van der Waals surface area contributed by atoms with E-state index in [0.29, 0.717) is 5.03 Å². The maximum atomic E-state index is 12.7. The largest absolute Gasteiger partial charge is 0.449 e. The molecule has 0 spiro atoms. The second-order valence-corrected chi connectivity index (χ2v) is 5.97. The van der Waals surface area contributed by atoms with Crippen LogP contribution in [0.4, 0.5) is 18.9 Å². The van der Waals surface area contributed by atoms with E-state index in [1.807, 2.05) is 0 Å². The van der Waals surface area contributed by atoms with Gasteiger partial charge in [-0.1, -0.05) is 6.07 Å². The fourth-order valence-corrected chi connectivity index (χ4v) is 2.54. The second kappa shape index (κ2) is 8.22. The monoisotopic (exact) mass is 384 g/mol. The van der Waals surface area contributed by atoms with E-state index in [9.17, 15) is 22.8 Å². The lowest BCUT2D eigenvalue weighted by Gasteiger charge is -2.15. The van der Waals surface area contributed by atoms with Crippen LogP contribution < -0.4 is 5.32 Å². The highest BCUT2D eigenvalue weighted by Gasteiger charge is 2.30. The van der Waals surface area contributed by atoms with Gasteiger partial charge < -0.3 is 10.1 Å². The number of halogens is 3. The zero-order valence-electron chi connectivity index (χ0n) is 13.8. The molecule has 0 bridgehead atoms. The van der Waals surface area contributed by atoms with Crippen LogP contribution in [-0.2, 0) is 15.7 Å². The van der Waals surface area contributed by atoms with Crippen LogP contribution in [0.3, 0.4) is 0 Å². The summed E-state index contributed by atoms with van der Waals surface area (Å²) in [7, 11) is 0. The molecular weight excluding hydrogens is 369 g/mol. The summed E-state index contributed by atoms with van der Waals surface area (Å²) in [5.74, 6) is -1.48. The van der Waals surface area contributed by atoms with Gasteiger partial charge in [-0.15, -0.1) is 11.8 Å². The van der Waals surface area contributed by atoms with Crippen molar-refractivity contribution in [1.82, 2.24) is 4.98 Å². The smallest absolute Gasteiger partial charge is 0.416 e. The molecule has 1 amide bonds. The summed E-state index contributed by atoms with van der Waals surface area (Å²) < 4.78 is 43.2.